The zero-order valence-corrected chi connectivity index (χ0v) is 8.67. The fraction of sp³-hybridized carbons (Fsp3) is 0.400. The van der Waals surface area contributed by atoms with Crippen molar-refractivity contribution in [3.8, 4) is 11.5 Å². The minimum atomic E-state index is 0.0469. The van der Waals surface area contributed by atoms with E-state index in [0.29, 0.717) is 17.4 Å². The van der Waals surface area contributed by atoms with Crippen LogP contribution >= 0.6 is 11.6 Å². The lowest BCUT2D eigenvalue weighted by atomic mass is 10.0. The molecular weight excluding hydrogens is 202 g/mol. The number of hydrogen-bond acceptors (Lipinski definition) is 3. The Morgan fingerprint density at radius 1 is 1.57 bits per heavy atom. The lowest BCUT2D eigenvalue weighted by molar-refractivity contribution is 0.248. The molecule has 1 aromatic rings. The Labute approximate surface area is 87.8 Å². The Morgan fingerprint density at radius 2 is 2.36 bits per heavy atom. The molecule has 1 aliphatic rings. The lowest BCUT2D eigenvalue weighted by Gasteiger charge is -2.24. The summed E-state index contributed by atoms with van der Waals surface area (Å²) in [6.45, 7) is 0.533. The first-order valence-corrected chi connectivity index (χ1v) is 4.83. The summed E-state index contributed by atoms with van der Waals surface area (Å²) < 4.78 is 10.7. The minimum Gasteiger partial charge on any atom is -0.493 e. The van der Waals surface area contributed by atoms with Crippen molar-refractivity contribution in [1.29, 1.82) is 0 Å². The molecule has 0 saturated carbocycles. The van der Waals surface area contributed by atoms with Crippen LogP contribution in [-0.4, -0.2) is 19.8 Å². The Balaban J connectivity index is 2.46. The SMILES string of the molecule is COc1cc(Cl)cc2c1OCC(N)C2. The van der Waals surface area contributed by atoms with Crippen molar-refractivity contribution in [2.75, 3.05) is 13.7 Å². The molecule has 2 N–H and O–H groups in total. The number of methoxy groups -OCH3 is 1. The van der Waals surface area contributed by atoms with Gasteiger partial charge in [-0.1, -0.05) is 11.6 Å². The van der Waals surface area contributed by atoms with Gasteiger partial charge < -0.3 is 15.2 Å². The first-order chi connectivity index (χ1) is 6.70. The summed E-state index contributed by atoms with van der Waals surface area (Å²) >= 11 is 5.93. The average molecular weight is 214 g/mol. The van der Waals surface area contributed by atoms with Crippen molar-refractivity contribution in [2.45, 2.75) is 12.5 Å². The van der Waals surface area contributed by atoms with Gasteiger partial charge in [-0.05, 0) is 12.5 Å². The molecule has 1 aromatic carbocycles. The maximum absolute atomic E-state index is 5.93. The molecule has 1 unspecified atom stereocenters. The van der Waals surface area contributed by atoms with Crippen LogP contribution in [0, 0.1) is 0 Å². The molecule has 0 fully saturated rings. The van der Waals surface area contributed by atoms with E-state index in [1.165, 1.54) is 0 Å². The first kappa shape index (κ1) is 9.62. The largest absolute Gasteiger partial charge is 0.493 e. The van der Waals surface area contributed by atoms with E-state index >= 15 is 0 Å². The summed E-state index contributed by atoms with van der Waals surface area (Å²) in [5.41, 5.74) is 6.80. The molecule has 0 aliphatic carbocycles. The van der Waals surface area contributed by atoms with Gasteiger partial charge in [-0.2, -0.15) is 0 Å². The third kappa shape index (κ3) is 1.65. The van der Waals surface area contributed by atoms with Crippen LogP contribution in [0.4, 0.5) is 0 Å². The van der Waals surface area contributed by atoms with E-state index in [-0.39, 0.29) is 6.04 Å². The fourth-order valence-corrected chi connectivity index (χ4v) is 1.85. The summed E-state index contributed by atoms with van der Waals surface area (Å²) in [5.74, 6) is 1.46. The Bertz CT molecular complexity index is 354. The van der Waals surface area contributed by atoms with E-state index in [1.54, 1.807) is 13.2 Å². The number of nitrogens with two attached hydrogens (primary N) is 1. The monoisotopic (exact) mass is 213 g/mol. The molecule has 0 amide bonds. The summed E-state index contributed by atoms with van der Waals surface area (Å²) in [5, 5.41) is 0.651. The van der Waals surface area contributed by atoms with Gasteiger partial charge in [0.15, 0.2) is 11.5 Å². The minimum absolute atomic E-state index is 0.0469. The van der Waals surface area contributed by atoms with Gasteiger partial charge in [0.1, 0.15) is 6.61 Å². The van der Waals surface area contributed by atoms with Crippen molar-refractivity contribution < 1.29 is 9.47 Å². The number of fused-ring (bicyclic) bond motifs is 1. The molecule has 1 aliphatic heterocycles. The fourth-order valence-electron chi connectivity index (χ4n) is 1.62. The topological polar surface area (TPSA) is 44.5 Å². The zero-order valence-electron chi connectivity index (χ0n) is 7.92. The predicted octanol–water partition coefficient (Wildman–Crippen LogP) is 1.61. The highest BCUT2D eigenvalue weighted by molar-refractivity contribution is 6.30. The molecule has 0 saturated heterocycles. The third-order valence-electron chi connectivity index (χ3n) is 2.24. The van der Waals surface area contributed by atoms with Crippen LogP contribution in [0.5, 0.6) is 11.5 Å². The summed E-state index contributed by atoms with van der Waals surface area (Å²) in [7, 11) is 1.60. The van der Waals surface area contributed by atoms with Crippen molar-refractivity contribution in [1.82, 2.24) is 0 Å². The van der Waals surface area contributed by atoms with E-state index in [1.807, 2.05) is 6.07 Å². The van der Waals surface area contributed by atoms with Gasteiger partial charge in [0.2, 0.25) is 0 Å². The van der Waals surface area contributed by atoms with Crippen molar-refractivity contribution in [2.24, 2.45) is 5.73 Å². The lowest BCUT2D eigenvalue weighted by Crippen LogP contribution is -2.33. The van der Waals surface area contributed by atoms with Gasteiger partial charge in [0.05, 0.1) is 7.11 Å². The molecule has 14 heavy (non-hydrogen) atoms. The zero-order chi connectivity index (χ0) is 10.1. The molecule has 0 bridgehead atoms. The molecule has 0 radical (unpaired) electrons. The second-order valence-electron chi connectivity index (χ2n) is 3.37. The molecule has 1 heterocycles. The highest BCUT2D eigenvalue weighted by atomic mass is 35.5. The summed E-state index contributed by atoms with van der Waals surface area (Å²) in [4.78, 5) is 0. The van der Waals surface area contributed by atoms with Gasteiger partial charge >= 0.3 is 0 Å². The van der Waals surface area contributed by atoms with Gasteiger partial charge in [-0.25, -0.2) is 0 Å². The first-order valence-electron chi connectivity index (χ1n) is 4.45. The number of halogens is 1. The van der Waals surface area contributed by atoms with Gasteiger partial charge in [-0.15, -0.1) is 0 Å². The van der Waals surface area contributed by atoms with Gasteiger partial charge in [-0.3, -0.25) is 0 Å². The Kier molecular flexibility index (Phi) is 2.52. The van der Waals surface area contributed by atoms with E-state index in [0.717, 1.165) is 17.7 Å². The quantitative estimate of drug-likeness (QED) is 0.771. The number of ether oxygens (including phenoxy) is 2. The van der Waals surface area contributed by atoms with Crippen LogP contribution in [0.2, 0.25) is 5.02 Å². The highest BCUT2D eigenvalue weighted by Crippen LogP contribution is 2.37. The Hall–Kier alpha value is -0.930. The second-order valence-corrected chi connectivity index (χ2v) is 3.81. The summed E-state index contributed by atoms with van der Waals surface area (Å²) in [6.07, 6.45) is 0.784. The van der Waals surface area contributed by atoms with Crippen molar-refractivity contribution in [3.63, 3.8) is 0 Å². The van der Waals surface area contributed by atoms with Crippen LogP contribution in [0.15, 0.2) is 12.1 Å². The van der Waals surface area contributed by atoms with Gasteiger partial charge in [0.25, 0.3) is 0 Å². The second kappa shape index (κ2) is 3.67. The molecule has 0 spiro atoms. The van der Waals surface area contributed by atoms with Gasteiger partial charge in [0, 0.05) is 22.7 Å². The van der Waals surface area contributed by atoms with Crippen LogP contribution in [0.25, 0.3) is 0 Å². The standard InChI is InChI=1S/C10H12ClNO2/c1-13-9-4-7(11)2-6-3-8(12)5-14-10(6)9/h2,4,8H,3,5,12H2,1H3. The maximum atomic E-state index is 5.93. The molecule has 1 atom stereocenters. The number of hydrogen-bond donors (Lipinski definition) is 1. The van der Waals surface area contributed by atoms with E-state index < -0.39 is 0 Å². The van der Waals surface area contributed by atoms with Crippen LogP contribution in [0.3, 0.4) is 0 Å². The predicted molar refractivity (Wildman–Crippen MR) is 55.2 cm³/mol. The number of benzene rings is 1. The highest BCUT2D eigenvalue weighted by Gasteiger charge is 2.20. The summed E-state index contributed by atoms with van der Waals surface area (Å²) in [6, 6.07) is 3.67. The molecular formula is C10H12ClNO2. The van der Waals surface area contributed by atoms with Crippen molar-refractivity contribution >= 4 is 11.6 Å². The molecule has 4 heteroatoms. The van der Waals surface area contributed by atoms with Crippen LogP contribution in [-0.2, 0) is 6.42 Å². The molecule has 0 aromatic heterocycles. The number of rotatable bonds is 1. The van der Waals surface area contributed by atoms with Crippen LogP contribution < -0.4 is 15.2 Å². The average Bonchev–Trinajstić information content (AvgIpc) is 2.15. The van der Waals surface area contributed by atoms with E-state index in [2.05, 4.69) is 0 Å². The maximum Gasteiger partial charge on any atom is 0.164 e. The normalized spacial score (nSPS) is 19.8. The molecule has 76 valence electrons. The van der Waals surface area contributed by atoms with Crippen LogP contribution in [0.1, 0.15) is 5.56 Å². The molecule has 2 rings (SSSR count). The van der Waals surface area contributed by atoms with E-state index in [9.17, 15) is 0 Å². The molecule has 3 nitrogen and oxygen atoms in total. The smallest absolute Gasteiger partial charge is 0.164 e. The third-order valence-corrected chi connectivity index (χ3v) is 2.46. The van der Waals surface area contributed by atoms with E-state index in [4.69, 9.17) is 26.8 Å². The Morgan fingerprint density at radius 3 is 3.07 bits per heavy atom. The van der Waals surface area contributed by atoms with Crippen molar-refractivity contribution in [3.05, 3.63) is 22.7 Å².